The van der Waals surface area contributed by atoms with Gasteiger partial charge in [-0.15, -0.1) is 11.3 Å². The van der Waals surface area contributed by atoms with Crippen LogP contribution in [0.2, 0.25) is 0 Å². The Kier molecular flexibility index (Phi) is 8.31. The number of sulfone groups is 1. The Bertz CT molecular complexity index is 1730. The van der Waals surface area contributed by atoms with Crippen molar-refractivity contribution in [2.45, 2.75) is 47.9 Å². The Morgan fingerprint density at radius 3 is 2.53 bits per heavy atom. The number of amidine groups is 1. The molecule has 2 aromatic carbocycles. The minimum atomic E-state index is -3.82. The maximum atomic E-state index is 13.2. The molecular weight excluding hydrogens is 604 g/mol. The first-order valence-corrected chi connectivity index (χ1v) is 15.5. The molecular formula is C28H27F2N5O6S2. The molecule has 0 unspecified atom stereocenters. The van der Waals surface area contributed by atoms with Crippen LogP contribution < -0.4 is 16.4 Å². The maximum Gasteiger partial charge on any atom is 0.345 e. The molecule has 0 radical (unpaired) electrons. The number of benzene rings is 2. The van der Waals surface area contributed by atoms with Crippen molar-refractivity contribution in [3.05, 3.63) is 69.9 Å². The summed E-state index contributed by atoms with van der Waals surface area (Å²) in [4.78, 5) is 41.2. The van der Waals surface area contributed by atoms with Crippen LogP contribution in [0.1, 0.15) is 40.2 Å². The minimum Gasteiger partial charge on any atom is -0.384 e. The monoisotopic (exact) mass is 631 g/mol. The summed E-state index contributed by atoms with van der Waals surface area (Å²) in [6.45, 7) is -2.29. The van der Waals surface area contributed by atoms with E-state index in [1.54, 1.807) is 36.6 Å². The molecule has 3 amide bonds. The second-order valence-electron chi connectivity index (χ2n) is 10.1. The molecule has 5 rings (SSSR count). The zero-order valence-electron chi connectivity index (χ0n) is 22.7. The topological polar surface area (TPSA) is 172 Å². The zero-order valence-corrected chi connectivity index (χ0v) is 24.3. The Morgan fingerprint density at radius 2 is 1.84 bits per heavy atom. The molecule has 11 nitrogen and oxygen atoms in total. The van der Waals surface area contributed by atoms with E-state index in [0.717, 1.165) is 4.90 Å². The number of nitrogens with zero attached hydrogens (tertiary/aromatic N) is 1. The number of alkyl halides is 2. The third-order valence-electron chi connectivity index (χ3n) is 7.30. The number of rotatable bonds is 9. The molecule has 5 N–H and O–H groups in total. The fourth-order valence-corrected chi connectivity index (χ4v) is 7.81. The lowest BCUT2D eigenvalue weighted by Gasteiger charge is -2.25. The molecule has 0 spiro atoms. The molecule has 0 aliphatic carbocycles. The highest BCUT2D eigenvalue weighted by molar-refractivity contribution is 7.92. The number of hydrogen-bond acceptors (Lipinski definition) is 8. The number of ether oxygens (including phenoxy) is 1. The highest BCUT2D eigenvalue weighted by Gasteiger charge is 2.41. The fourth-order valence-electron chi connectivity index (χ4n) is 5.18. The standard InChI is InChI=1S/C28H27F2N5O6S2/c1-14(21-8-16(13-42-21)25(31)32)34-27(38)20-10-17(41-28(29)30)12-35(20)24(36)11-33-26(37)15-6-7-19-18-4-2-3-5-22(18)43(39,40)23(19)9-15/h2-9,13-14,17,20,28H,10-12H2,1H3,(H3,31,32)(H,33,37)(H,34,38)/t14-,17-,20+/m1/s1. The van der Waals surface area contributed by atoms with Gasteiger partial charge in [-0.3, -0.25) is 19.8 Å². The molecule has 2 aliphatic rings. The lowest BCUT2D eigenvalue weighted by atomic mass is 10.0. The number of halogens is 2. The van der Waals surface area contributed by atoms with Gasteiger partial charge in [0.05, 0.1) is 28.5 Å². The van der Waals surface area contributed by atoms with Crippen LogP contribution in [0.4, 0.5) is 8.78 Å². The van der Waals surface area contributed by atoms with Gasteiger partial charge in [0.25, 0.3) is 5.91 Å². The summed E-state index contributed by atoms with van der Waals surface area (Å²) >= 11 is 1.27. The van der Waals surface area contributed by atoms with E-state index in [0.29, 0.717) is 21.6 Å². The number of nitrogen functional groups attached to an aromatic ring is 1. The van der Waals surface area contributed by atoms with Gasteiger partial charge in [0.1, 0.15) is 11.9 Å². The van der Waals surface area contributed by atoms with E-state index in [2.05, 4.69) is 15.4 Å². The average Bonchev–Trinajstić information content (AvgIpc) is 3.68. The van der Waals surface area contributed by atoms with Crippen LogP contribution in [0.15, 0.2) is 63.7 Å². The predicted molar refractivity (Wildman–Crippen MR) is 153 cm³/mol. The van der Waals surface area contributed by atoms with Crippen LogP contribution in [0, 0.1) is 5.41 Å². The van der Waals surface area contributed by atoms with Crippen LogP contribution in [-0.2, 0) is 24.2 Å². The van der Waals surface area contributed by atoms with Gasteiger partial charge in [-0.2, -0.15) is 8.78 Å². The smallest absolute Gasteiger partial charge is 0.345 e. The molecule has 15 heteroatoms. The van der Waals surface area contributed by atoms with Crippen molar-refractivity contribution >= 4 is 44.7 Å². The van der Waals surface area contributed by atoms with Crippen molar-refractivity contribution in [3.8, 4) is 11.1 Å². The number of hydrogen-bond donors (Lipinski definition) is 4. The SMILES string of the molecule is C[C@@H](NC(=O)[C@@H]1C[C@@H](OC(F)F)CN1C(=O)CNC(=O)c1ccc2c(c1)S(=O)(=O)c1ccccc1-2)c1cc(C(=N)N)cs1. The highest BCUT2D eigenvalue weighted by atomic mass is 32.2. The molecule has 3 atom stereocenters. The van der Waals surface area contributed by atoms with Crippen LogP contribution in [-0.4, -0.2) is 68.7 Å². The second-order valence-corrected chi connectivity index (χ2v) is 12.9. The van der Waals surface area contributed by atoms with E-state index >= 15 is 0 Å². The molecule has 0 saturated carbocycles. The fraction of sp³-hybridized carbons (Fsp3) is 0.286. The summed E-state index contributed by atoms with van der Waals surface area (Å²) in [6, 6.07) is 10.7. The molecule has 1 fully saturated rings. The van der Waals surface area contributed by atoms with E-state index in [1.807, 2.05) is 0 Å². The Hall–Kier alpha value is -4.21. The second kappa shape index (κ2) is 11.8. The number of carbonyl (C=O) groups is 3. The third-order valence-corrected chi connectivity index (χ3v) is 10.3. The molecule has 2 aliphatic heterocycles. The lowest BCUT2D eigenvalue weighted by Crippen LogP contribution is -2.49. The summed E-state index contributed by atoms with van der Waals surface area (Å²) in [6.07, 6.45) is -1.30. The van der Waals surface area contributed by atoms with Crippen molar-refractivity contribution in [2.75, 3.05) is 13.1 Å². The summed E-state index contributed by atoms with van der Waals surface area (Å²) in [5.41, 5.74) is 7.00. The van der Waals surface area contributed by atoms with E-state index in [1.165, 1.54) is 35.6 Å². The maximum absolute atomic E-state index is 13.2. The lowest BCUT2D eigenvalue weighted by molar-refractivity contribution is -0.160. The van der Waals surface area contributed by atoms with Gasteiger partial charge in [-0.25, -0.2) is 8.42 Å². The quantitative estimate of drug-likeness (QED) is 0.162. The molecule has 3 heterocycles. The molecule has 1 aromatic heterocycles. The summed E-state index contributed by atoms with van der Waals surface area (Å²) in [7, 11) is -3.82. The van der Waals surface area contributed by atoms with Crippen molar-refractivity contribution in [1.29, 1.82) is 5.41 Å². The average molecular weight is 632 g/mol. The Morgan fingerprint density at radius 1 is 1.12 bits per heavy atom. The first-order valence-electron chi connectivity index (χ1n) is 13.1. The van der Waals surface area contributed by atoms with Gasteiger partial charge >= 0.3 is 6.61 Å². The number of carbonyl (C=O) groups excluding carboxylic acids is 3. The molecule has 226 valence electrons. The van der Waals surface area contributed by atoms with Gasteiger partial charge in [0, 0.05) is 45.5 Å². The van der Waals surface area contributed by atoms with E-state index in [9.17, 15) is 31.6 Å². The van der Waals surface area contributed by atoms with Crippen LogP contribution in [0.25, 0.3) is 11.1 Å². The normalized spacial score (nSPS) is 19.0. The van der Waals surface area contributed by atoms with Gasteiger partial charge in [0.2, 0.25) is 21.7 Å². The Balaban J connectivity index is 1.27. The Labute approximate surface area is 249 Å². The molecule has 3 aromatic rings. The van der Waals surface area contributed by atoms with E-state index < -0.39 is 58.9 Å². The van der Waals surface area contributed by atoms with Crippen LogP contribution >= 0.6 is 11.3 Å². The molecule has 1 saturated heterocycles. The summed E-state index contributed by atoms with van der Waals surface area (Å²) in [5.74, 6) is -2.17. The van der Waals surface area contributed by atoms with Crippen molar-refractivity contribution in [2.24, 2.45) is 5.73 Å². The van der Waals surface area contributed by atoms with Gasteiger partial charge < -0.3 is 26.0 Å². The number of likely N-dealkylation sites (tertiary alicyclic amines) is 1. The van der Waals surface area contributed by atoms with Crippen molar-refractivity contribution < 1.29 is 36.3 Å². The largest absolute Gasteiger partial charge is 0.384 e. The van der Waals surface area contributed by atoms with Crippen molar-refractivity contribution in [1.82, 2.24) is 15.5 Å². The highest BCUT2D eigenvalue weighted by Crippen LogP contribution is 2.43. The number of thiophene rings is 1. The molecule has 43 heavy (non-hydrogen) atoms. The summed E-state index contributed by atoms with van der Waals surface area (Å²) < 4.78 is 56.5. The van der Waals surface area contributed by atoms with E-state index in [-0.39, 0.29) is 34.2 Å². The zero-order chi connectivity index (χ0) is 31.1. The van der Waals surface area contributed by atoms with Crippen LogP contribution in [0.3, 0.4) is 0 Å². The number of fused-ring (bicyclic) bond motifs is 3. The van der Waals surface area contributed by atoms with E-state index in [4.69, 9.17) is 11.1 Å². The summed E-state index contributed by atoms with van der Waals surface area (Å²) in [5, 5.41) is 14.4. The van der Waals surface area contributed by atoms with Crippen molar-refractivity contribution in [3.63, 3.8) is 0 Å². The van der Waals surface area contributed by atoms with Gasteiger partial charge in [-0.05, 0) is 31.2 Å². The van der Waals surface area contributed by atoms with Crippen LogP contribution in [0.5, 0.6) is 0 Å². The minimum absolute atomic E-state index is 0.00672. The number of amides is 3. The van der Waals surface area contributed by atoms with Gasteiger partial charge in [0.15, 0.2) is 0 Å². The first kappa shape index (κ1) is 30.3. The molecule has 0 bridgehead atoms. The predicted octanol–water partition coefficient (Wildman–Crippen LogP) is 2.66. The third kappa shape index (κ3) is 6.00. The first-order chi connectivity index (χ1) is 20.4. The van der Waals surface area contributed by atoms with Gasteiger partial charge in [-0.1, -0.05) is 24.3 Å². The number of nitrogens with one attached hydrogen (secondary N) is 3. The number of nitrogens with two attached hydrogens (primary N) is 1.